The molecule has 47 heavy (non-hydrogen) atoms. The van der Waals surface area contributed by atoms with Crippen LogP contribution in [-0.4, -0.2) is 15.2 Å². The van der Waals surface area contributed by atoms with Crippen LogP contribution >= 0.6 is 0 Å². The van der Waals surface area contributed by atoms with E-state index in [0.717, 1.165) is 0 Å². The summed E-state index contributed by atoms with van der Waals surface area (Å²) in [6.07, 6.45) is 9.05. The van der Waals surface area contributed by atoms with E-state index in [9.17, 15) is 0 Å². The van der Waals surface area contributed by atoms with E-state index in [-0.39, 0.29) is 6.04 Å². The fraction of sp³-hybridized carbons (Fsp3) is 0.0455. The van der Waals surface area contributed by atoms with Crippen LogP contribution in [0.2, 0.25) is 0 Å². The van der Waals surface area contributed by atoms with Crippen molar-refractivity contribution in [2.45, 2.75) is 12.0 Å². The van der Waals surface area contributed by atoms with Crippen molar-refractivity contribution in [1.29, 1.82) is 0 Å². The minimum Gasteiger partial charge on any atom is -0.340 e. The Hall–Kier alpha value is -6.06. The molecular weight excluding hydrogens is 571 g/mol. The van der Waals surface area contributed by atoms with Gasteiger partial charge in [0, 0.05) is 44.5 Å². The standard InChI is InChI=1S/C44H31N3/c1-2-45-39-17-9-6-14-33(39)36-26-29(20-23-40(36)45)30-21-24-43-37(27-30)34-15-7-11-19-42(34)47(43)32-22-25-44-38(28-32)35-16-8-10-18-41(35)46(44)31-12-4-3-5-13-31/h2-28,36,40H,1H2. The smallest absolute Gasteiger partial charge is 0.0623 e. The predicted molar refractivity (Wildman–Crippen MR) is 198 cm³/mol. The van der Waals surface area contributed by atoms with Crippen LogP contribution < -0.4 is 4.90 Å². The molecule has 0 saturated heterocycles. The molecule has 3 heteroatoms. The lowest BCUT2D eigenvalue weighted by Crippen LogP contribution is -2.28. The largest absolute Gasteiger partial charge is 0.340 e. The van der Waals surface area contributed by atoms with Gasteiger partial charge in [-0.1, -0.05) is 104 Å². The maximum atomic E-state index is 4.11. The maximum absolute atomic E-state index is 4.11. The number of para-hydroxylation sites is 4. The summed E-state index contributed by atoms with van der Waals surface area (Å²) in [6, 6.07) is 51.1. The molecule has 3 nitrogen and oxygen atoms in total. The van der Waals surface area contributed by atoms with Crippen LogP contribution in [0.15, 0.2) is 171 Å². The molecule has 0 spiro atoms. The molecular formula is C44H31N3. The van der Waals surface area contributed by atoms with E-state index in [2.05, 4.69) is 178 Å². The van der Waals surface area contributed by atoms with Crippen LogP contribution in [0.4, 0.5) is 5.69 Å². The van der Waals surface area contributed by atoms with Gasteiger partial charge in [0.05, 0.1) is 28.1 Å². The van der Waals surface area contributed by atoms with Crippen LogP contribution in [-0.2, 0) is 0 Å². The third-order valence-corrected chi connectivity index (χ3v) is 10.2. The fourth-order valence-corrected chi connectivity index (χ4v) is 8.17. The van der Waals surface area contributed by atoms with Gasteiger partial charge in [-0.25, -0.2) is 0 Å². The summed E-state index contributed by atoms with van der Waals surface area (Å²) in [6.45, 7) is 4.11. The molecule has 0 saturated carbocycles. The lowest BCUT2D eigenvalue weighted by molar-refractivity contribution is 0.744. The molecule has 222 valence electrons. The normalized spacial score (nSPS) is 17.0. The van der Waals surface area contributed by atoms with Crippen molar-refractivity contribution < 1.29 is 0 Å². The predicted octanol–water partition coefficient (Wildman–Crippen LogP) is 10.9. The summed E-state index contributed by atoms with van der Waals surface area (Å²) in [5.74, 6) is 0.297. The first kappa shape index (κ1) is 26.2. The maximum Gasteiger partial charge on any atom is 0.0623 e. The quantitative estimate of drug-likeness (QED) is 0.196. The highest BCUT2D eigenvalue weighted by molar-refractivity contribution is 6.12. The van der Waals surface area contributed by atoms with Gasteiger partial charge in [-0.05, 0) is 83.6 Å². The highest BCUT2D eigenvalue weighted by atomic mass is 15.2. The zero-order valence-electron chi connectivity index (χ0n) is 25.8. The third kappa shape index (κ3) is 3.74. The van der Waals surface area contributed by atoms with Crippen molar-refractivity contribution in [2.24, 2.45) is 0 Å². The van der Waals surface area contributed by atoms with E-state index in [1.54, 1.807) is 0 Å². The molecule has 3 heterocycles. The van der Waals surface area contributed by atoms with Gasteiger partial charge in [0.15, 0.2) is 0 Å². The van der Waals surface area contributed by atoms with Crippen LogP contribution in [0.3, 0.4) is 0 Å². The van der Waals surface area contributed by atoms with E-state index < -0.39 is 0 Å². The molecule has 0 bridgehead atoms. The van der Waals surface area contributed by atoms with Crippen molar-refractivity contribution in [3.05, 3.63) is 182 Å². The summed E-state index contributed by atoms with van der Waals surface area (Å²) in [7, 11) is 0. The minimum atomic E-state index is 0.266. The Morgan fingerprint density at radius 1 is 0.532 bits per heavy atom. The molecule has 2 atom stereocenters. The summed E-state index contributed by atoms with van der Waals surface area (Å²) >= 11 is 0. The Morgan fingerprint density at radius 3 is 1.91 bits per heavy atom. The first-order valence-electron chi connectivity index (χ1n) is 16.3. The zero-order chi connectivity index (χ0) is 31.1. The number of anilines is 1. The van der Waals surface area contributed by atoms with Crippen molar-refractivity contribution in [1.82, 2.24) is 9.13 Å². The monoisotopic (exact) mass is 601 g/mol. The van der Waals surface area contributed by atoms with Crippen molar-refractivity contribution in [3.63, 3.8) is 0 Å². The average Bonchev–Trinajstić information content (AvgIpc) is 3.76. The van der Waals surface area contributed by atoms with Gasteiger partial charge in [0.1, 0.15) is 0 Å². The van der Waals surface area contributed by atoms with Gasteiger partial charge < -0.3 is 14.0 Å². The second kappa shape index (κ2) is 9.97. The molecule has 0 fully saturated rings. The molecule has 2 aromatic heterocycles. The Kier molecular flexibility index (Phi) is 5.55. The second-order valence-electron chi connectivity index (χ2n) is 12.6. The Balaban J connectivity index is 1.14. The Labute approximate surface area is 273 Å². The van der Waals surface area contributed by atoms with Crippen LogP contribution in [0.5, 0.6) is 0 Å². The van der Waals surface area contributed by atoms with Gasteiger partial charge >= 0.3 is 0 Å². The number of aromatic nitrogens is 2. The Bertz CT molecular complexity index is 2610. The van der Waals surface area contributed by atoms with Gasteiger partial charge in [0.2, 0.25) is 0 Å². The molecule has 6 aromatic carbocycles. The molecule has 0 N–H and O–H groups in total. The number of hydrogen-bond acceptors (Lipinski definition) is 1. The van der Waals surface area contributed by atoms with E-state index in [1.807, 2.05) is 6.20 Å². The van der Waals surface area contributed by atoms with Crippen molar-refractivity contribution in [3.8, 4) is 11.4 Å². The summed E-state index contributed by atoms with van der Waals surface area (Å²) in [5.41, 5.74) is 12.3. The molecule has 0 amide bonds. The number of allylic oxidation sites excluding steroid dienone is 2. The summed E-state index contributed by atoms with van der Waals surface area (Å²) in [5, 5.41) is 5.04. The number of rotatable bonds is 4. The molecule has 10 rings (SSSR count). The van der Waals surface area contributed by atoms with Crippen LogP contribution in [0, 0.1) is 0 Å². The van der Waals surface area contributed by atoms with Crippen LogP contribution in [0.25, 0.3) is 60.6 Å². The van der Waals surface area contributed by atoms with Crippen molar-refractivity contribution >= 4 is 54.9 Å². The summed E-state index contributed by atoms with van der Waals surface area (Å²) < 4.78 is 4.80. The number of fused-ring (bicyclic) bond motifs is 9. The molecule has 0 radical (unpaired) electrons. The molecule has 2 unspecified atom stereocenters. The highest BCUT2D eigenvalue weighted by Crippen LogP contribution is 2.46. The van der Waals surface area contributed by atoms with Gasteiger partial charge in [0.25, 0.3) is 0 Å². The first-order chi connectivity index (χ1) is 23.3. The molecule has 2 aliphatic rings. The molecule has 1 aliphatic carbocycles. The third-order valence-electron chi connectivity index (χ3n) is 10.2. The average molecular weight is 602 g/mol. The Morgan fingerprint density at radius 2 is 1.15 bits per heavy atom. The first-order valence-corrected chi connectivity index (χ1v) is 16.3. The topological polar surface area (TPSA) is 13.1 Å². The van der Waals surface area contributed by atoms with Gasteiger partial charge in [-0.3, -0.25) is 0 Å². The molecule has 1 aliphatic heterocycles. The lowest BCUT2D eigenvalue weighted by Gasteiger charge is -2.26. The van der Waals surface area contributed by atoms with Gasteiger partial charge in [-0.2, -0.15) is 0 Å². The fourth-order valence-electron chi connectivity index (χ4n) is 8.17. The highest BCUT2D eigenvalue weighted by Gasteiger charge is 2.36. The lowest BCUT2D eigenvalue weighted by atomic mass is 9.86. The van der Waals surface area contributed by atoms with E-state index >= 15 is 0 Å². The second-order valence-corrected chi connectivity index (χ2v) is 12.6. The number of hydrogen-bond donors (Lipinski definition) is 0. The minimum absolute atomic E-state index is 0.266. The summed E-state index contributed by atoms with van der Waals surface area (Å²) in [4.78, 5) is 2.30. The number of benzene rings is 6. The van der Waals surface area contributed by atoms with Gasteiger partial charge in [-0.15, -0.1) is 0 Å². The van der Waals surface area contributed by atoms with Crippen LogP contribution in [0.1, 0.15) is 17.0 Å². The number of nitrogens with zero attached hydrogens (tertiary/aromatic N) is 3. The zero-order valence-corrected chi connectivity index (χ0v) is 25.8. The van der Waals surface area contributed by atoms with Crippen molar-refractivity contribution in [2.75, 3.05) is 4.90 Å². The SMILES string of the molecule is C=CN1c2ccccc2C2C=C(c3ccc4c(c3)c3ccccc3n4-c3ccc4c(c3)c3ccccc3n4-c3ccccc3)C=CC21. The van der Waals surface area contributed by atoms with E-state index in [0.29, 0.717) is 5.92 Å². The van der Waals surface area contributed by atoms with E-state index in [4.69, 9.17) is 0 Å². The van der Waals surface area contributed by atoms with E-state index in [1.165, 1.54) is 77.4 Å². The molecule has 8 aromatic rings.